The largest absolute Gasteiger partial charge is 0.415 e. The number of rotatable bonds is 5. The number of benzene rings is 1. The van der Waals surface area contributed by atoms with E-state index in [1.807, 2.05) is 6.92 Å². The molecule has 0 fully saturated rings. The van der Waals surface area contributed by atoms with Crippen molar-refractivity contribution < 1.29 is 14.5 Å². The van der Waals surface area contributed by atoms with Gasteiger partial charge in [-0.15, -0.1) is 0 Å². The molecule has 19 heavy (non-hydrogen) atoms. The zero-order chi connectivity index (χ0) is 14.3. The molecule has 0 atom stereocenters. The number of esters is 1. The molecule has 1 aromatic carbocycles. The molecule has 0 saturated carbocycles. The van der Waals surface area contributed by atoms with Gasteiger partial charge >= 0.3 is 5.97 Å². The summed E-state index contributed by atoms with van der Waals surface area (Å²) in [5, 5.41) is 19.2. The first-order chi connectivity index (χ1) is 9.06. The van der Waals surface area contributed by atoms with Crippen LogP contribution in [0.1, 0.15) is 18.9 Å². The van der Waals surface area contributed by atoms with Gasteiger partial charge in [0.1, 0.15) is 6.07 Å². The highest BCUT2D eigenvalue weighted by atomic mass is 16.6. The maximum Gasteiger partial charge on any atom is 0.316 e. The maximum absolute atomic E-state index is 11.5. The van der Waals surface area contributed by atoms with Crippen LogP contribution in [0.2, 0.25) is 0 Å². The topological polar surface area (TPSA) is 93.2 Å². The fraction of sp³-hybridized carbons (Fsp3) is 0.231. The van der Waals surface area contributed by atoms with Crippen LogP contribution in [0.5, 0.6) is 0 Å². The van der Waals surface area contributed by atoms with Gasteiger partial charge in [-0.2, -0.15) is 5.26 Å². The molecule has 0 aliphatic heterocycles. The van der Waals surface area contributed by atoms with Gasteiger partial charge in [0.25, 0.3) is 5.69 Å². The van der Waals surface area contributed by atoms with Crippen molar-refractivity contribution >= 4 is 11.7 Å². The minimum absolute atomic E-state index is 0.0330. The number of nitro benzene ring substituents is 1. The summed E-state index contributed by atoms with van der Waals surface area (Å²) < 4.78 is 4.85. The van der Waals surface area contributed by atoms with Gasteiger partial charge in [0.15, 0.2) is 0 Å². The van der Waals surface area contributed by atoms with E-state index in [2.05, 4.69) is 0 Å². The molecule has 0 saturated heterocycles. The van der Waals surface area contributed by atoms with E-state index >= 15 is 0 Å². The molecule has 0 aromatic heterocycles. The van der Waals surface area contributed by atoms with Crippen LogP contribution in [-0.2, 0) is 16.0 Å². The molecule has 0 bridgehead atoms. The van der Waals surface area contributed by atoms with Crippen molar-refractivity contribution in [2.24, 2.45) is 0 Å². The van der Waals surface area contributed by atoms with Crippen LogP contribution in [0, 0.1) is 21.4 Å². The summed E-state index contributed by atoms with van der Waals surface area (Å²) >= 11 is 0. The van der Waals surface area contributed by atoms with Crippen LogP contribution in [-0.4, -0.2) is 10.9 Å². The fourth-order valence-electron chi connectivity index (χ4n) is 1.36. The van der Waals surface area contributed by atoms with E-state index in [0.717, 1.165) is 0 Å². The summed E-state index contributed by atoms with van der Waals surface area (Å²) in [6.07, 6.45) is 2.06. The summed E-state index contributed by atoms with van der Waals surface area (Å²) in [5.74, 6) is -0.607. The molecular formula is C13H12N2O4. The second kappa shape index (κ2) is 6.91. The molecular weight excluding hydrogens is 248 g/mol. The molecule has 0 radical (unpaired) electrons. The standard InChI is InChI=1S/C13H12N2O4/c1-2-3-12(9-14)19-13(16)8-10-4-6-11(7-5-10)15(17)18/h3-7H,2,8H2,1H3/b12-3+. The minimum Gasteiger partial charge on any atom is -0.415 e. The molecule has 1 aromatic rings. The number of carbonyl (C=O) groups is 1. The average molecular weight is 260 g/mol. The van der Waals surface area contributed by atoms with Crippen molar-refractivity contribution in [2.45, 2.75) is 19.8 Å². The number of nitro groups is 1. The van der Waals surface area contributed by atoms with Crippen LogP contribution >= 0.6 is 0 Å². The minimum atomic E-state index is -0.574. The Morgan fingerprint density at radius 3 is 2.58 bits per heavy atom. The lowest BCUT2D eigenvalue weighted by atomic mass is 10.1. The van der Waals surface area contributed by atoms with Crippen molar-refractivity contribution in [1.29, 1.82) is 5.26 Å². The summed E-state index contributed by atoms with van der Waals surface area (Å²) in [7, 11) is 0. The molecule has 0 spiro atoms. The lowest BCUT2D eigenvalue weighted by Gasteiger charge is -2.02. The average Bonchev–Trinajstić information content (AvgIpc) is 2.38. The normalized spacial score (nSPS) is 10.6. The van der Waals surface area contributed by atoms with Crippen LogP contribution in [0.25, 0.3) is 0 Å². The molecule has 0 aliphatic rings. The van der Waals surface area contributed by atoms with Gasteiger partial charge < -0.3 is 4.74 Å². The smallest absolute Gasteiger partial charge is 0.316 e. The molecule has 0 N–H and O–H groups in total. The first-order valence-electron chi connectivity index (χ1n) is 5.61. The number of allylic oxidation sites excluding steroid dienone is 2. The SMILES string of the molecule is CC/C=C(\C#N)OC(=O)Cc1ccc([N+](=O)[O-])cc1. The van der Waals surface area contributed by atoms with Crippen molar-refractivity contribution in [3.63, 3.8) is 0 Å². The number of carbonyl (C=O) groups excluding carboxylic acids is 1. The fourth-order valence-corrected chi connectivity index (χ4v) is 1.36. The Balaban J connectivity index is 2.65. The lowest BCUT2D eigenvalue weighted by molar-refractivity contribution is -0.384. The van der Waals surface area contributed by atoms with E-state index in [4.69, 9.17) is 10.00 Å². The zero-order valence-electron chi connectivity index (χ0n) is 10.3. The summed E-state index contributed by atoms with van der Waals surface area (Å²) in [4.78, 5) is 21.5. The highest BCUT2D eigenvalue weighted by Gasteiger charge is 2.10. The molecule has 0 unspecified atom stereocenters. The number of nitrogens with zero attached hydrogens (tertiary/aromatic N) is 2. The van der Waals surface area contributed by atoms with E-state index in [1.165, 1.54) is 30.3 Å². The van der Waals surface area contributed by atoms with E-state index < -0.39 is 10.9 Å². The van der Waals surface area contributed by atoms with Crippen molar-refractivity contribution in [2.75, 3.05) is 0 Å². The maximum atomic E-state index is 11.5. The van der Waals surface area contributed by atoms with Gasteiger partial charge in [-0.1, -0.05) is 19.1 Å². The van der Waals surface area contributed by atoms with E-state index in [1.54, 1.807) is 6.07 Å². The van der Waals surface area contributed by atoms with E-state index in [0.29, 0.717) is 12.0 Å². The second-order valence-electron chi connectivity index (χ2n) is 3.66. The van der Waals surface area contributed by atoms with Gasteiger partial charge in [0, 0.05) is 12.1 Å². The van der Waals surface area contributed by atoms with Crippen molar-refractivity contribution in [1.82, 2.24) is 0 Å². The zero-order valence-corrected chi connectivity index (χ0v) is 10.3. The highest BCUT2D eigenvalue weighted by molar-refractivity contribution is 5.74. The lowest BCUT2D eigenvalue weighted by Crippen LogP contribution is -2.07. The van der Waals surface area contributed by atoms with Gasteiger partial charge in [0.05, 0.1) is 11.3 Å². The van der Waals surface area contributed by atoms with Crippen molar-refractivity contribution in [3.05, 3.63) is 51.8 Å². The Morgan fingerprint density at radius 1 is 1.47 bits per heavy atom. The molecule has 0 aliphatic carbocycles. The summed E-state index contributed by atoms with van der Waals surface area (Å²) in [6, 6.07) is 7.37. The first-order valence-corrected chi connectivity index (χ1v) is 5.61. The second-order valence-corrected chi connectivity index (χ2v) is 3.66. The van der Waals surface area contributed by atoms with Crippen LogP contribution < -0.4 is 0 Å². The van der Waals surface area contributed by atoms with Gasteiger partial charge in [0.2, 0.25) is 5.76 Å². The van der Waals surface area contributed by atoms with E-state index in [-0.39, 0.29) is 17.9 Å². The van der Waals surface area contributed by atoms with Crippen molar-refractivity contribution in [3.8, 4) is 6.07 Å². The summed E-state index contributed by atoms with van der Waals surface area (Å²) in [6.45, 7) is 1.82. The number of non-ortho nitro benzene ring substituents is 1. The predicted octanol–water partition coefficient (Wildman–Crippen LogP) is 2.50. The monoisotopic (exact) mass is 260 g/mol. The Labute approximate surface area is 110 Å². The molecule has 1 rings (SSSR count). The molecule has 98 valence electrons. The number of hydrogen-bond donors (Lipinski definition) is 0. The Kier molecular flexibility index (Phi) is 5.23. The van der Waals surface area contributed by atoms with Crippen LogP contribution in [0.15, 0.2) is 36.1 Å². The molecule has 6 nitrogen and oxygen atoms in total. The van der Waals surface area contributed by atoms with Gasteiger partial charge in [-0.05, 0) is 18.1 Å². The van der Waals surface area contributed by atoms with Gasteiger partial charge in [-0.3, -0.25) is 14.9 Å². The Bertz CT molecular complexity index is 541. The molecule has 0 amide bonds. The molecule has 0 heterocycles. The van der Waals surface area contributed by atoms with Crippen LogP contribution in [0.3, 0.4) is 0 Å². The highest BCUT2D eigenvalue weighted by Crippen LogP contribution is 2.13. The third-order valence-corrected chi connectivity index (χ3v) is 2.22. The third kappa shape index (κ3) is 4.60. The number of ether oxygens (including phenoxy) is 1. The quantitative estimate of drug-likeness (QED) is 0.266. The van der Waals surface area contributed by atoms with E-state index in [9.17, 15) is 14.9 Å². The Morgan fingerprint density at radius 2 is 2.11 bits per heavy atom. The van der Waals surface area contributed by atoms with Crippen LogP contribution in [0.4, 0.5) is 5.69 Å². The Hall–Kier alpha value is -2.68. The molecule has 6 heteroatoms. The number of nitriles is 1. The van der Waals surface area contributed by atoms with Gasteiger partial charge in [-0.25, -0.2) is 0 Å². The summed E-state index contributed by atoms with van der Waals surface area (Å²) in [5.41, 5.74) is 0.546. The first kappa shape index (κ1) is 14.4. The number of hydrogen-bond acceptors (Lipinski definition) is 5. The third-order valence-electron chi connectivity index (χ3n) is 2.22. The predicted molar refractivity (Wildman–Crippen MR) is 66.9 cm³/mol.